The Hall–Kier alpha value is -0.520. The van der Waals surface area contributed by atoms with Crippen LogP contribution in [0.3, 0.4) is 0 Å². The van der Waals surface area contributed by atoms with E-state index in [1.54, 1.807) is 13.8 Å². The third-order valence-electron chi connectivity index (χ3n) is 2.04. The smallest absolute Gasteiger partial charge is 0.193 e. The fourth-order valence-corrected chi connectivity index (χ4v) is 0.969. The van der Waals surface area contributed by atoms with Crippen molar-refractivity contribution in [1.29, 1.82) is 0 Å². The maximum Gasteiger partial charge on any atom is 0.193 e. The first kappa shape index (κ1) is 15.5. The molecule has 0 fully saturated rings. The van der Waals surface area contributed by atoms with E-state index in [9.17, 15) is 5.11 Å². The van der Waals surface area contributed by atoms with Gasteiger partial charge in [-0.2, -0.15) is 0 Å². The third-order valence-corrected chi connectivity index (χ3v) is 2.82. The van der Waals surface area contributed by atoms with Crippen LogP contribution in [0.5, 0.6) is 0 Å². The van der Waals surface area contributed by atoms with Gasteiger partial charge in [0.1, 0.15) is 0 Å². The molecule has 0 aliphatic heterocycles. The second-order valence-electron chi connectivity index (χ2n) is 3.93. The van der Waals surface area contributed by atoms with Crippen LogP contribution in [0.15, 0.2) is 28.0 Å². The minimum Gasteiger partial charge on any atom is -0.388 e. The summed E-state index contributed by atoms with van der Waals surface area (Å²) in [6, 6.07) is -0.154. The molecule has 6 heteroatoms. The SMILES string of the molecule is C=C(N[C@H](C)C(C)(C)O)/C(Br)=C\N=C(N)Cl. The molecule has 0 aliphatic rings. The Morgan fingerprint density at radius 2 is 2.19 bits per heavy atom. The fourth-order valence-electron chi connectivity index (χ4n) is 0.703. The molecule has 0 radical (unpaired) electrons. The molecule has 0 saturated heterocycles. The largest absolute Gasteiger partial charge is 0.388 e. The molecule has 4 nitrogen and oxygen atoms in total. The normalized spacial score (nSPS) is 15.9. The number of nitrogens with two attached hydrogens (primary N) is 1. The minimum absolute atomic E-state index is 0.0553. The molecule has 0 heterocycles. The van der Waals surface area contributed by atoms with Crippen LogP contribution in [0.1, 0.15) is 20.8 Å². The number of amidine groups is 1. The van der Waals surface area contributed by atoms with Gasteiger partial charge in [-0.25, -0.2) is 4.99 Å². The molecule has 16 heavy (non-hydrogen) atoms. The Bertz CT molecular complexity index is 317. The molecule has 0 aromatic rings. The van der Waals surface area contributed by atoms with Gasteiger partial charge >= 0.3 is 0 Å². The van der Waals surface area contributed by atoms with Crippen molar-refractivity contribution in [2.75, 3.05) is 0 Å². The molecule has 0 rings (SSSR count). The quantitative estimate of drug-likeness (QED) is 0.315. The number of nitrogens with zero attached hydrogens (tertiary/aromatic N) is 1. The highest BCUT2D eigenvalue weighted by Crippen LogP contribution is 2.16. The molecule has 1 atom stereocenters. The van der Waals surface area contributed by atoms with E-state index in [0.29, 0.717) is 10.2 Å². The van der Waals surface area contributed by atoms with Crippen LogP contribution in [0, 0.1) is 0 Å². The van der Waals surface area contributed by atoms with Gasteiger partial charge in [0.05, 0.1) is 16.1 Å². The van der Waals surface area contributed by atoms with Crippen molar-refractivity contribution in [3.63, 3.8) is 0 Å². The number of hydrogen-bond donors (Lipinski definition) is 3. The summed E-state index contributed by atoms with van der Waals surface area (Å²) < 4.78 is 0.618. The Kier molecular flexibility index (Phi) is 6.07. The number of allylic oxidation sites excluding steroid dienone is 1. The van der Waals surface area contributed by atoms with Crippen molar-refractivity contribution in [1.82, 2.24) is 5.32 Å². The molecular weight excluding hydrogens is 293 g/mol. The van der Waals surface area contributed by atoms with Gasteiger partial charge in [-0.05, 0) is 48.3 Å². The van der Waals surface area contributed by atoms with E-state index in [2.05, 4.69) is 32.8 Å². The third kappa shape index (κ3) is 6.15. The topological polar surface area (TPSA) is 70.6 Å². The highest BCUT2D eigenvalue weighted by Gasteiger charge is 2.22. The van der Waals surface area contributed by atoms with Crippen molar-refractivity contribution in [3.05, 3.63) is 23.0 Å². The summed E-state index contributed by atoms with van der Waals surface area (Å²) in [7, 11) is 0. The Morgan fingerprint density at radius 3 is 2.56 bits per heavy atom. The first-order chi connectivity index (χ1) is 7.14. The number of rotatable bonds is 5. The molecular formula is C10H17BrClN3O. The van der Waals surface area contributed by atoms with Crippen molar-refractivity contribution in [2.45, 2.75) is 32.4 Å². The predicted octanol–water partition coefficient (Wildman–Crippen LogP) is 2.04. The van der Waals surface area contributed by atoms with Crippen LogP contribution in [0.4, 0.5) is 0 Å². The van der Waals surface area contributed by atoms with Crippen molar-refractivity contribution >= 4 is 32.8 Å². The summed E-state index contributed by atoms with van der Waals surface area (Å²) in [4.78, 5) is 3.70. The summed E-state index contributed by atoms with van der Waals surface area (Å²) >= 11 is 8.64. The molecule has 0 aromatic carbocycles. The standard InChI is InChI=1S/C10H17BrClN3O/c1-6(8(11)5-14-9(12)13)15-7(2)10(3,4)16/h5,7,15-16H,1H2,2-4H3,(H2,13,14)/b8-5+/t7-/m1/s1. The van der Waals surface area contributed by atoms with E-state index in [4.69, 9.17) is 17.3 Å². The average Bonchev–Trinajstić information content (AvgIpc) is 2.12. The monoisotopic (exact) mass is 309 g/mol. The van der Waals surface area contributed by atoms with E-state index >= 15 is 0 Å². The molecule has 4 N–H and O–H groups in total. The van der Waals surface area contributed by atoms with Gasteiger partial charge in [-0.3, -0.25) is 0 Å². The average molecular weight is 311 g/mol. The maximum absolute atomic E-state index is 9.73. The molecule has 0 spiro atoms. The van der Waals surface area contributed by atoms with E-state index < -0.39 is 5.60 Å². The van der Waals surface area contributed by atoms with Crippen molar-refractivity contribution in [3.8, 4) is 0 Å². The lowest BCUT2D eigenvalue weighted by atomic mass is 10.0. The zero-order valence-electron chi connectivity index (χ0n) is 9.59. The van der Waals surface area contributed by atoms with Gasteiger partial charge in [0, 0.05) is 11.9 Å². The summed E-state index contributed by atoms with van der Waals surface area (Å²) in [6.07, 6.45) is 1.44. The molecule has 0 aliphatic carbocycles. The van der Waals surface area contributed by atoms with Crippen LogP contribution in [-0.2, 0) is 0 Å². The van der Waals surface area contributed by atoms with E-state index in [1.807, 2.05) is 6.92 Å². The lowest BCUT2D eigenvalue weighted by Crippen LogP contribution is -2.43. The maximum atomic E-state index is 9.73. The van der Waals surface area contributed by atoms with Crippen molar-refractivity contribution in [2.24, 2.45) is 10.7 Å². The number of aliphatic imine (C=N–C) groups is 1. The Labute approximate surface area is 109 Å². The van der Waals surface area contributed by atoms with Crippen molar-refractivity contribution < 1.29 is 5.11 Å². The van der Waals surface area contributed by atoms with E-state index in [0.717, 1.165) is 0 Å². The molecule has 0 unspecified atom stereocenters. The second kappa shape index (κ2) is 6.27. The zero-order chi connectivity index (χ0) is 12.9. The Morgan fingerprint density at radius 1 is 1.69 bits per heavy atom. The summed E-state index contributed by atoms with van der Waals surface area (Å²) in [5, 5.41) is 12.7. The number of nitrogens with one attached hydrogen (secondary N) is 1. The first-order valence-electron chi connectivity index (χ1n) is 4.67. The van der Waals surface area contributed by atoms with Gasteiger partial charge in [0.15, 0.2) is 5.29 Å². The molecule has 0 bridgehead atoms. The lowest BCUT2D eigenvalue weighted by Gasteiger charge is -2.28. The van der Waals surface area contributed by atoms with Gasteiger partial charge in [-0.15, -0.1) is 0 Å². The van der Waals surface area contributed by atoms with Crippen LogP contribution in [-0.4, -0.2) is 22.0 Å². The molecule has 92 valence electrons. The van der Waals surface area contributed by atoms with Crippen LogP contribution < -0.4 is 11.1 Å². The minimum atomic E-state index is -0.842. The predicted molar refractivity (Wildman–Crippen MR) is 72.5 cm³/mol. The lowest BCUT2D eigenvalue weighted by molar-refractivity contribution is 0.0483. The highest BCUT2D eigenvalue weighted by molar-refractivity contribution is 9.11. The fraction of sp³-hybridized carbons (Fsp3) is 0.500. The zero-order valence-corrected chi connectivity index (χ0v) is 11.9. The molecule has 0 aromatic heterocycles. The summed E-state index contributed by atoms with van der Waals surface area (Å²) in [5.41, 5.74) is 4.92. The van der Waals surface area contributed by atoms with Gasteiger partial charge < -0.3 is 16.2 Å². The van der Waals surface area contributed by atoms with Crippen LogP contribution in [0.2, 0.25) is 0 Å². The second-order valence-corrected chi connectivity index (χ2v) is 5.17. The number of halogens is 2. The number of hydrogen-bond acceptors (Lipinski definition) is 3. The highest BCUT2D eigenvalue weighted by atomic mass is 79.9. The Balaban J connectivity index is 4.49. The first-order valence-corrected chi connectivity index (χ1v) is 5.84. The number of aliphatic hydroxyl groups is 1. The van der Waals surface area contributed by atoms with Crippen LogP contribution >= 0.6 is 27.5 Å². The molecule has 0 amide bonds. The van der Waals surface area contributed by atoms with E-state index in [-0.39, 0.29) is 11.3 Å². The molecule has 0 saturated carbocycles. The van der Waals surface area contributed by atoms with Crippen LogP contribution in [0.25, 0.3) is 0 Å². The van der Waals surface area contributed by atoms with Gasteiger partial charge in [0.25, 0.3) is 0 Å². The van der Waals surface area contributed by atoms with Gasteiger partial charge in [-0.1, -0.05) is 6.58 Å². The van der Waals surface area contributed by atoms with Gasteiger partial charge in [0.2, 0.25) is 0 Å². The summed E-state index contributed by atoms with van der Waals surface area (Å²) in [5.74, 6) is 0. The van der Waals surface area contributed by atoms with E-state index in [1.165, 1.54) is 6.20 Å². The summed E-state index contributed by atoms with van der Waals surface area (Å²) in [6.45, 7) is 9.07.